The van der Waals surface area contributed by atoms with Crippen LogP contribution < -0.4 is 5.32 Å². The number of amides is 1. The highest BCUT2D eigenvalue weighted by atomic mass is 16.5. The lowest BCUT2D eigenvalue weighted by atomic mass is 10.3. The monoisotopic (exact) mass is 234 g/mol. The first-order valence-electron chi connectivity index (χ1n) is 5.35. The number of aromatic nitrogens is 3. The van der Waals surface area contributed by atoms with Gasteiger partial charge in [0.05, 0.1) is 6.33 Å². The van der Waals surface area contributed by atoms with Crippen molar-refractivity contribution in [2.24, 2.45) is 0 Å². The predicted molar refractivity (Wildman–Crippen MR) is 60.4 cm³/mol. The van der Waals surface area contributed by atoms with Crippen molar-refractivity contribution in [3.8, 4) is 0 Å². The van der Waals surface area contributed by atoms with Crippen molar-refractivity contribution in [1.82, 2.24) is 20.0 Å². The van der Waals surface area contributed by atoms with Gasteiger partial charge in [-0.25, -0.2) is 4.98 Å². The molecule has 2 rings (SSSR count). The molecule has 2 aromatic rings. The molecular weight excluding hydrogens is 220 g/mol. The van der Waals surface area contributed by atoms with Gasteiger partial charge in [-0.2, -0.15) is 0 Å². The number of imidazole rings is 1. The molecule has 0 aromatic carbocycles. The van der Waals surface area contributed by atoms with Crippen LogP contribution in [0.5, 0.6) is 0 Å². The maximum atomic E-state index is 11.7. The van der Waals surface area contributed by atoms with Crippen LogP contribution in [0.4, 0.5) is 0 Å². The Labute approximate surface area is 98.6 Å². The molecule has 1 atom stereocenters. The minimum absolute atomic E-state index is 0.00583. The Morgan fingerprint density at radius 3 is 3.06 bits per heavy atom. The van der Waals surface area contributed by atoms with E-state index in [-0.39, 0.29) is 11.9 Å². The Morgan fingerprint density at radius 2 is 2.47 bits per heavy atom. The van der Waals surface area contributed by atoms with Crippen molar-refractivity contribution in [3.05, 3.63) is 36.2 Å². The van der Waals surface area contributed by atoms with Crippen molar-refractivity contribution in [1.29, 1.82) is 0 Å². The molecule has 90 valence electrons. The smallest absolute Gasteiger partial charge is 0.273 e. The highest BCUT2D eigenvalue weighted by Crippen LogP contribution is 2.02. The molecule has 0 saturated carbocycles. The zero-order valence-corrected chi connectivity index (χ0v) is 9.75. The van der Waals surface area contributed by atoms with Gasteiger partial charge in [-0.3, -0.25) is 4.79 Å². The summed E-state index contributed by atoms with van der Waals surface area (Å²) in [6, 6.07) is 1.60. The summed E-state index contributed by atoms with van der Waals surface area (Å²) < 4.78 is 6.75. The van der Waals surface area contributed by atoms with E-state index in [4.69, 9.17) is 4.52 Å². The Balaban J connectivity index is 1.90. The van der Waals surface area contributed by atoms with Crippen LogP contribution in [0.2, 0.25) is 0 Å². The lowest BCUT2D eigenvalue weighted by Gasteiger charge is -2.12. The summed E-state index contributed by atoms with van der Waals surface area (Å²) in [4.78, 5) is 15.7. The molecule has 1 amide bonds. The lowest BCUT2D eigenvalue weighted by molar-refractivity contribution is 0.0927. The number of nitrogens with zero attached hydrogens (tertiary/aromatic N) is 3. The van der Waals surface area contributed by atoms with Gasteiger partial charge in [0.15, 0.2) is 5.69 Å². The molecule has 0 fully saturated rings. The molecule has 6 heteroatoms. The molecule has 0 radical (unpaired) electrons. The minimum atomic E-state index is -0.227. The van der Waals surface area contributed by atoms with Crippen LogP contribution in [0, 0.1) is 6.92 Å². The number of aryl methyl sites for hydroxylation is 1. The lowest BCUT2D eigenvalue weighted by Crippen LogP contribution is -2.35. The largest absolute Gasteiger partial charge is 0.361 e. The van der Waals surface area contributed by atoms with E-state index in [1.54, 1.807) is 25.5 Å². The van der Waals surface area contributed by atoms with Gasteiger partial charge < -0.3 is 14.4 Å². The Bertz CT molecular complexity index is 489. The number of carbonyl (C=O) groups is 1. The Hall–Kier alpha value is -2.11. The van der Waals surface area contributed by atoms with Gasteiger partial charge >= 0.3 is 0 Å². The fourth-order valence-electron chi connectivity index (χ4n) is 1.53. The van der Waals surface area contributed by atoms with Crippen molar-refractivity contribution < 1.29 is 9.32 Å². The SMILES string of the molecule is Cc1cc(C(=O)N[C@H](C)Cn2ccnc2)no1. The van der Waals surface area contributed by atoms with Crippen LogP contribution >= 0.6 is 0 Å². The van der Waals surface area contributed by atoms with E-state index in [9.17, 15) is 4.79 Å². The molecule has 17 heavy (non-hydrogen) atoms. The average molecular weight is 234 g/mol. The van der Waals surface area contributed by atoms with Gasteiger partial charge in [0, 0.05) is 31.0 Å². The zero-order chi connectivity index (χ0) is 12.3. The topological polar surface area (TPSA) is 73.0 Å². The van der Waals surface area contributed by atoms with E-state index in [0.29, 0.717) is 18.0 Å². The van der Waals surface area contributed by atoms with Gasteiger partial charge in [-0.05, 0) is 13.8 Å². The number of rotatable bonds is 4. The van der Waals surface area contributed by atoms with Crippen LogP contribution in [0.25, 0.3) is 0 Å². The Morgan fingerprint density at radius 1 is 1.65 bits per heavy atom. The second-order valence-corrected chi connectivity index (χ2v) is 3.96. The number of nitrogens with one attached hydrogen (secondary N) is 1. The standard InChI is InChI=1S/C11H14N4O2/c1-8(6-15-4-3-12-7-15)13-11(16)10-5-9(2)17-14-10/h3-5,7-8H,6H2,1-2H3,(H,13,16)/t8-/m1/s1. The molecule has 2 heterocycles. The summed E-state index contributed by atoms with van der Waals surface area (Å²) in [5, 5.41) is 6.50. The van der Waals surface area contributed by atoms with Crippen LogP contribution in [-0.2, 0) is 6.54 Å². The Kier molecular flexibility index (Phi) is 3.22. The predicted octanol–water partition coefficient (Wildman–Crippen LogP) is 0.998. The van der Waals surface area contributed by atoms with E-state index in [2.05, 4.69) is 15.5 Å². The number of carbonyl (C=O) groups excluding carboxylic acids is 1. The number of hydrogen-bond acceptors (Lipinski definition) is 4. The van der Waals surface area contributed by atoms with Crippen LogP contribution in [-0.4, -0.2) is 26.7 Å². The van der Waals surface area contributed by atoms with Crippen molar-refractivity contribution in [2.45, 2.75) is 26.4 Å². The van der Waals surface area contributed by atoms with Crippen molar-refractivity contribution in [3.63, 3.8) is 0 Å². The fraction of sp³-hybridized carbons (Fsp3) is 0.364. The van der Waals surface area contributed by atoms with Gasteiger partial charge in [0.1, 0.15) is 5.76 Å². The molecule has 0 unspecified atom stereocenters. The highest BCUT2D eigenvalue weighted by Gasteiger charge is 2.13. The first-order chi connectivity index (χ1) is 8.15. The summed E-state index contributed by atoms with van der Waals surface area (Å²) in [6.07, 6.45) is 5.27. The minimum Gasteiger partial charge on any atom is -0.361 e. The fourth-order valence-corrected chi connectivity index (χ4v) is 1.53. The molecule has 6 nitrogen and oxygen atoms in total. The summed E-state index contributed by atoms with van der Waals surface area (Å²) >= 11 is 0. The van der Waals surface area contributed by atoms with E-state index in [1.165, 1.54) is 0 Å². The molecule has 0 bridgehead atoms. The first-order valence-corrected chi connectivity index (χ1v) is 5.35. The number of hydrogen-bond donors (Lipinski definition) is 1. The zero-order valence-electron chi connectivity index (χ0n) is 9.75. The van der Waals surface area contributed by atoms with Crippen molar-refractivity contribution >= 4 is 5.91 Å². The van der Waals surface area contributed by atoms with Crippen LogP contribution in [0.3, 0.4) is 0 Å². The second kappa shape index (κ2) is 4.82. The third-order valence-electron chi connectivity index (χ3n) is 2.28. The first kappa shape index (κ1) is 11.4. The maximum Gasteiger partial charge on any atom is 0.273 e. The average Bonchev–Trinajstić information content (AvgIpc) is 2.89. The van der Waals surface area contributed by atoms with E-state index < -0.39 is 0 Å². The molecule has 0 aliphatic rings. The molecule has 1 N–H and O–H groups in total. The molecule has 2 aromatic heterocycles. The summed E-state index contributed by atoms with van der Waals surface area (Å²) in [6.45, 7) is 4.34. The molecule has 0 saturated heterocycles. The van der Waals surface area contributed by atoms with E-state index >= 15 is 0 Å². The third kappa shape index (κ3) is 2.93. The highest BCUT2D eigenvalue weighted by molar-refractivity contribution is 5.92. The van der Waals surface area contributed by atoms with Gasteiger partial charge in [-0.15, -0.1) is 0 Å². The summed E-state index contributed by atoms with van der Waals surface area (Å²) in [5.74, 6) is 0.395. The third-order valence-corrected chi connectivity index (χ3v) is 2.28. The quantitative estimate of drug-likeness (QED) is 0.856. The normalized spacial score (nSPS) is 12.4. The molecule has 0 spiro atoms. The summed E-state index contributed by atoms with van der Waals surface area (Å²) in [5.41, 5.74) is 0.306. The van der Waals surface area contributed by atoms with Gasteiger partial charge in [0.25, 0.3) is 5.91 Å². The van der Waals surface area contributed by atoms with Crippen LogP contribution in [0.15, 0.2) is 29.3 Å². The maximum absolute atomic E-state index is 11.7. The summed E-state index contributed by atoms with van der Waals surface area (Å²) in [7, 11) is 0. The molecule has 0 aliphatic heterocycles. The van der Waals surface area contributed by atoms with E-state index in [1.807, 2.05) is 17.7 Å². The van der Waals surface area contributed by atoms with Gasteiger partial charge in [0.2, 0.25) is 0 Å². The second-order valence-electron chi connectivity index (χ2n) is 3.96. The van der Waals surface area contributed by atoms with Crippen LogP contribution in [0.1, 0.15) is 23.2 Å². The van der Waals surface area contributed by atoms with E-state index in [0.717, 1.165) is 0 Å². The van der Waals surface area contributed by atoms with Crippen molar-refractivity contribution in [2.75, 3.05) is 0 Å². The molecular formula is C11H14N4O2. The van der Waals surface area contributed by atoms with Gasteiger partial charge in [-0.1, -0.05) is 5.16 Å². The molecule has 0 aliphatic carbocycles.